The first kappa shape index (κ1) is 23.1. The van der Waals surface area contributed by atoms with Crippen LogP contribution >= 0.6 is 0 Å². The number of likely N-dealkylation sites (tertiary alicyclic amines) is 1. The third-order valence-electron chi connectivity index (χ3n) is 6.14. The van der Waals surface area contributed by atoms with Crippen LogP contribution < -0.4 is 5.32 Å². The van der Waals surface area contributed by atoms with Gasteiger partial charge in [-0.05, 0) is 44.2 Å². The lowest BCUT2D eigenvalue weighted by atomic mass is 9.86. The minimum absolute atomic E-state index is 0.161. The Hall–Kier alpha value is -1.54. The molecule has 0 saturated carbocycles. The maximum atomic E-state index is 12.4. The maximum Gasteiger partial charge on any atom is 0.220 e. The van der Waals surface area contributed by atoms with E-state index in [9.17, 15) is 4.79 Å². The van der Waals surface area contributed by atoms with Crippen LogP contribution in [0.5, 0.6) is 0 Å². The fraction of sp³-hybridized carbons (Fsp3) is 0.739. The third-order valence-corrected chi connectivity index (χ3v) is 6.14. The molecule has 2 aliphatic rings. The average Bonchev–Trinajstić information content (AvgIpc) is 2.79. The van der Waals surface area contributed by atoms with Gasteiger partial charge in [-0.3, -0.25) is 19.6 Å². The number of aromatic nitrogens is 1. The predicted octanol–water partition coefficient (Wildman–Crippen LogP) is 1.93. The van der Waals surface area contributed by atoms with Crippen molar-refractivity contribution in [2.45, 2.75) is 45.2 Å². The Bertz CT molecular complexity index is 610. The Labute approximate surface area is 181 Å². The van der Waals surface area contributed by atoms with Crippen LogP contribution in [0.4, 0.5) is 0 Å². The summed E-state index contributed by atoms with van der Waals surface area (Å²) in [5, 5.41) is 3.05. The van der Waals surface area contributed by atoms with E-state index in [0.29, 0.717) is 31.5 Å². The number of nitrogens with one attached hydrogen (secondary N) is 1. The Morgan fingerprint density at radius 2 is 2.17 bits per heavy atom. The van der Waals surface area contributed by atoms with Crippen LogP contribution in [0.3, 0.4) is 0 Å². The minimum atomic E-state index is 0.161. The zero-order valence-corrected chi connectivity index (χ0v) is 18.4. The van der Waals surface area contributed by atoms with Crippen molar-refractivity contribution in [2.75, 3.05) is 59.2 Å². The molecule has 2 atom stereocenters. The van der Waals surface area contributed by atoms with Gasteiger partial charge in [0.25, 0.3) is 0 Å². The van der Waals surface area contributed by atoms with Gasteiger partial charge in [0.05, 0.1) is 18.9 Å². The highest BCUT2D eigenvalue weighted by Gasteiger charge is 2.34. The number of carbonyl (C=O) groups excluding carboxylic acids is 1. The smallest absolute Gasteiger partial charge is 0.220 e. The second kappa shape index (κ2) is 13.0. The van der Waals surface area contributed by atoms with Crippen molar-refractivity contribution in [1.29, 1.82) is 0 Å². The van der Waals surface area contributed by atoms with Gasteiger partial charge in [0.15, 0.2) is 0 Å². The topological polar surface area (TPSA) is 66.9 Å². The lowest BCUT2D eigenvalue weighted by Gasteiger charge is -2.45. The van der Waals surface area contributed by atoms with Crippen molar-refractivity contribution in [1.82, 2.24) is 20.1 Å². The van der Waals surface area contributed by atoms with Gasteiger partial charge >= 0.3 is 0 Å². The van der Waals surface area contributed by atoms with Gasteiger partial charge in [-0.2, -0.15) is 0 Å². The van der Waals surface area contributed by atoms with E-state index in [4.69, 9.17) is 9.47 Å². The fourth-order valence-corrected chi connectivity index (χ4v) is 4.58. The molecule has 0 unspecified atom stereocenters. The number of carbonyl (C=O) groups is 1. The van der Waals surface area contributed by atoms with E-state index in [0.717, 1.165) is 77.5 Å². The lowest BCUT2D eigenvalue weighted by Crippen LogP contribution is -2.54. The van der Waals surface area contributed by atoms with Crippen LogP contribution in [0.15, 0.2) is 24.4 Å². The van der Waals surface area contributed by atoms with Gasteiger partial charge in [-0.1, -0.05) is 6.07 Å². The van der Waals surface area contributed by atoms with E-state index in [1.807, 2.05) is 19.2 Å². The van der Waals surface area contributed by atoms with Crippen molar-refractivity contribution < 1.29 is 14.3 Å². The van der Waals surface area contributed by atoms with E-state index in [1.54, 1.807) is 0 Å². The van der Waals surface area contributed by atoms with Gasteiger partial charge in [-0.15, -0.1) is 0 Å². The Morgan fingerprint density at radius 3 is 2.93 bits per heavy atom. The van der Waals surface area contributed by atoms with Gasteiger partial charge in [-0.25, -0.2) is 0 Å². The maximum absolute atomic E-state index is 12.4. The number of ether oxygens (including phenoxy) is 2. The van der Waals surface area contributed by atoms with Crippen molar-refractivity contribution >= 4 is 5.91 Å². The molecule has 168 valence electrons. The minimum Gasteiger partial charge on any atom is -0.382 e. The summed E-state index contributed by atoms with van der Waals surface area (Å²) in [6.45, 7) is 10.8. The zero-order valence-electron chi connectivity index (χ0n) is 18.4. The average molecular weight is 419 g/mol. The molecule has 2 aliphatic heterocycles. The first-order valence-corrected chi connectivity index (χ1v) is 11.5. The van der Waals surface area contributed by atoms with Crippen LogP contribution in [0.1, 0.15) is 38.3 Å². The van der Waals surface area contributed by atoms with Crippen molar-refractivity contribution in [3.63, 3.8) is 0 Å². The first-order valence-electron chi connectivity index (χ1n) is 11.5. The molecule has 30 heavy (non-hydrogen) atoms. The number of amides is 1. The molecule has 0 aromatic carbocycles. The molecule has 3 rings (SSSR count). The molecule has 7 nitrogen and oxygen atoms in total. The molecule has 7 heteroatoms. The summed E-state index contributed by atoms with van der Waals surface area (Å²) in [6.07, 6.45) is 5.41. The Morgan fingerprint density at radius 1 is 1.30 bits per heavy atom. The van der Waals surface area contributed by atoms with Gasteiger partial charge < -0.3 is 14.8 Å². The van der Waals surface area contributed by atoms with Crippen LogP contribution in [0.2, 0.25) is 0 Å². The highest BCUT2D eigenvalue weighted by atomic mass is 16.5. The monoisotopic (exact) mass is 418 g/mol. The van der Waals surface area contributed by atoms with Crippen LogP contribution in [-0.2, 0) is 20.8 Å². The number of nitrogens with zero attached hydrogens (tertiary/aromatic N) is 3. The predicted molar refractivity (Wildman–Crippen MR) is 117 cm³/mol. The van der Waals surface area contributed by atoms with Crippen LogP contribution in [-0.4, -0.2) is 85.9 Å². The third kappa shape index (κ3) is 7.61. The molecule has 3 heterocycles. The van der Waals surface area contributed by atoms with E-state index < -0.39 is 0 Å². The molecular formula is C23H38N4O3. The summed E-state index contributed by atoms with van der Waals surface area (Å²) in [6, 6.07) is 6.65. The van der Waals surface area contributed by atoms with Crippen molar-refractivity contribution in [3.8, 4) is 0 Å². The summed E-state index contributed by atoms with van der Waals surface area (Å²) < 4.78 is 10.9. The molecule has 2 saturated heterocycles. The summed E-state index contributed by atoms with van der Waals surface area (Å²) in [4.78, 5) is 22.0. The molecule has 1 aromatic heterocycles. The van der Waals surface area contributed by atoms with E-state index in [1.165, 1.54) is 0 Å². The number of morpholine rings is 1. The molecule has 0 radical (unpaired) electrons. The van der Waals surface area contributed by atoms with E-state index in [2.05, 4.69) is 32.2 Å². The largest absolute Gasteiger partial charge is 0.382 e. The standard InChI is InChI=1S/C23H38N4O3/c1-2-29-15-5-11-25-23(28)8-7-20-18-26(19-21-6-3-4-10-24-21)12-9-22(20)27-13-16-30-17-14-27/h3-4,6,10,20,22H,2,5,7-9,11-19H2,1H3,(H,25,28)/t20-,22+/m0/s1. The Kier molecular flexibility index (Phi) is 10.0. The van der Waals surface area contributed by atoms with E-state index in [-0.39, 0.29) is 5.91 Å². The quantitative estimate of drug-likeness (QED) is 0.554. The molecule has 0 bridgehead atoms. The summed E-state index contributed by atoms with van der Waals surface area (Å²) in [5.74, 6) is 0.656. The van der Waals surface area contributed by atoms with E-state index >= 15 is 0 Å². The normalized spacial score (nSPS) is 23.4. The second-order valence-electron chi connectivity index (χ2n) is 8.26. The highest BCUT2D eigenvalue weighted by molar-refractivity contribution is 5.75. The first-order chi connectivity index (χ1) is 14.8. The highest BCUT2D eigenvalue weighted by Crippen LogP contribution is 2.27. The fourth-order valence-electron chi connectivity index (χ4n) is 4.58. The van der Waals surface area contributed by atoms with Crippen LogP contribution in [0, 0.1) is 5.92 Å². The molecule has 0 aliphatic carbocycles. The van der Waals surface area contributed by atoms with Gasteiger partial charge in [0, 0.05) is 71.1 Å². The van der Waals surface area contributed by atoms with Gasteiger partial charge in [0.2, 0.25) is 5.91 Å². The molecular weight excluding hydrogens is 380 g/mol. The number of hydrogen-bond donors (Lipinski definition) is 1. The SMILES string of the molecule is CCOCCCNC(=O)CC[C@H]1CN(Cc2ccccn2)CC[C@H]1N1CCOCC1. The number of piperidine rings is 1. The van der Waals surface area contributed by atoms with Gasteiger partial charge in [0.1, 0.15) is 0 Å². The number of pyridine rings is 1. The summed E-state index contributed by atoms with van der Waals surface area (Å²) in [5.41, 5.74) is 1.12. The van der Waals surface area contributed by atoms with Crippen LogP contribution in [0.25, 0.3) is 0 Å². The second-order valence-corrected chi connectivity index (χ2v) is 8.26. The summed E-state index contributed by atoms with van der Waals surface area (Å²) >= 11 is 0. The molecule has 2 fully saturated rings. The molecule has 1 aromatic rings. The number of rotatable bonds is 11. The van der Waals surface area contributed by atoms with Crippen molar-refractivity contribution in [3.05, 3.63) is 30.1 Å². The number of hydrogen-bond acceptors (Lipinski definition) is 6. The molecule has 1 N–H and O–H groups in total. The Balaban J connectivity index is 1.50. The lowest BCUT2D eigenvalue weighted by molar-refractivity contribution is -0.121. The molecule has 1 amide bonds. The summed E-state index contributed by atoms with van der Waals surface area (Å²) in [7, 11) is 0. The zero-order chi connectivity index (χ0) is 21.0. The molecule has 0 spiro atoms. The van der Waals surface area contributed by atoms with Crippen molar-refractivity contribution in [2.24, 2.45) is 5.92 Å².